The van der Waals surface area contributed by atoms with Crippen LogP contribution in [0.5, 0.6) is 0 Å². The quantitative estimate of drug-likeness (QED) is 0.844. The van der Waals surface area contributed by atoms with Crippen molar-refractivity contribution in [3.8, 4) is 0 Å². The van der Waals surface area contributed by atoms with Gasteiger partial charge >= 0.3 is 0 Å². The lowest BCUT2D eigenvalue weighted by molar-refractivity contribution is -0.122. The van der Waals surface area contributed by atoms with Crippen molar-refractivity contribution < 1.29 is 4.79 Å². The topological polar surface area (TPSA) is 54.0 Å². The van der Waals surface area contributed by atoms with Crippen molar-refractivity contribution in [2.75, 3.05) is 11.9 Å². The third kappa shape index (κ3) is 2.14. The first-order valence-corrected chi connectivity index (χ1v) is 6.20. The molecule has 4 heteroatoms. The third-order valence-corrected chi connectivity index (χ3v) is 3.28. The molecule has 1 aliphatic rings. The van der Waals surface area contributed by atoms with Gasteiger partial charge in [0.2, 0.25) is 5.91 Å². The largest absolute Gasteiger partial charge is 0.365 e. The maximum absolute atomic E-state index is 11.1. The van der Waals surface area contributed by atoms with Crippen LogP contribution in [-0.2, 0) is 4.79 Å². The molecule has 1 unspecified atom stereocenters. The Balaban J connectivity index is 1.84. The first-order valence-electron chi connectivity index (χ1n) is 6.20. The second-order valence-electron chi connectivity index (χ2n) is 4.56. The molecule has 1 atom stereocenters. The zero-order chi connectivity index (χ0) is 12.4. The summed E-state index contributed by atoms with van der Waals surface area (Å²) in [7, 11) is 0. The summed E-state index contributed by atoms with van der Waals surface area (Å²) < 4.78 is 0. The second kappa shape index (κ2) is 4.64. The van der Waals surface area contributed by atoms with Crippen LogP contribution in [0.25, 0.3) is 10.8 Å². The van der Waals surface area contributed by atoms with Gasteiger partial charge in [-0.2, -0.15) is 0 Å². The Bertz CT molecular complexity index is 567. The number of carbonyl (C=O) groups excluding carboxylic acids is 1. The van der Waals surface area contributed by atoms with Gasteiger partial charge in [0.1, 0.15) is 5.82 Å². The second-order valence-corrected chi connectivity index (χ2v) is 4.56. The number of benzene rings is 1. The number of amides is 1. The Labute approximate surface area is 105 Å². The van der Waals surface area contributed by atoms with Crippen LogP contribution >= 0.6 is 0 Å². The number of piperidine rings is 1. The summed E-state index contributed by atoms with van der Waals surface area (Å²) in [4.78, 5) is 15.5. The zero-order valence-electron chi connectivity index (χ0n) is 10.0. The number of fused-ring (bicyclic) bond motifs is 1. The summed E-state index contributed by atoms with van der Waals surface area (Å²) in [5.41, 5.74) is 0. The van der Waals surface area contributed by atoms with Crippen LogP contribution < -0.4 is 10.6 Å². The van der Waals surface area contributed by atoms with Crippen LogP contribution in [0.1, 0.15) is 12.8 Å². The minimum atomic E-state index is 0.138. The minimum Gasteiger partial charge on any atom is -0.365 e. The number of anilines is 1. The molecular weight excluding hydrogens is 226 g/mol. The maximum Gasteiger partial charge on any atom is 0.220 e. The van der Waals surface area contributed by atoms with E-state index >= 15 is 0 Å². The van der Waals surface area contributed by atoms with E-state index in [4.69, 9.17) is 0 Å². The number of nitrogens with zero attached hydrogens (tertiary/aromatic N) is 1. The van der Waals surface area contributed by atoms with Crippen molar-refractivity contribution in [1.82, 2.24) is 10.3 Å². The van der Waals surface area contributed by atoms with Crippen LogP contribution in [0.4, 0.5) is 5.82 Å². The molecule has 1 saturated heterocycles. The molecule has 0 spiro atoms. The number of nitrogens with one attached hydrogen (secondary N) is 2. The van der Waals surface area contributed by atoms with Gasteiger partial charge in [0, 0.05) is 30.6 Å². The van der Waals surface area contributed by atoms with Crippen LogP contribution in [0.2, 0.25) is 0 Å². The van der Waals surface area contributed by atoms with Gasteiger partial charge in [-0.05, 0) is 17.9 Å². The van der Waals surface area contributed by atoms with Gasteiger partial charge in [-0.25, -0.2) is 4.98 Å². The molecule has 4 nitrogen and oxygen atoms in total. The molecule has 3 rings (SSSR count). The number of carbonyl (C=O) groups is 1. The molecule has 0 radical (unpaired) electrons. The lowest BCUT2D eigenvalue weighted by Gasteiger charge is -2.24. The van der Waals surface area contributed by atoms with Gasteiger partial charge in [0.25, 0.3) is 0 Å². The number of hydrogen-bond acceptors (Lipinski definition) is 3. The van der Waals surface area contributed by atoms with Crippen molar-refractivity contribution >= 4 is 22.5 Å². The first kappa shape index (κ1) is 11.0. The molecule has 1 aromatic carbocycles. The molecule has 0 saturated carbocycles. The molecular formula is C14H15N3O. The highest BCUT2D eigenvalue weighted by Crippen LogP contribution is 2.22. The molecule has 0 aliphatic carbocycles. The predicted molar refractivity (Wildman–Crippen MR) is 71.4 cm³/mol. The lowest BCUT2D eigenvalue weighted by atomic mass is 10.1. The van der Waals surface area contributed by atoms with Gasteiger partial charge in [-0.15, -0.1) is 0 Å². The van der Waals surface area contributed by atoms with E-state index in [-0.39, 0.29) is 11.9 Å². The average Bonchev–Trinajstić information content (AvgIpc) is 2.42. The highest BCUT2D eigenvalue weighted by Gasteiger charge is 2.18. The summed E-state index contributed by atoms with van der Waals surface area (Å²) in [6.45, 7) is 0.670. The van der Waals surface area contributed by atoms with E-state index in [1.807, 2.05) is 24.4 Å². The molecule has 1 fully saturated rings. The van der Waals surface area contributed by atoms with E-state index < -0.39 is 0 Å². The van der Waals surface area contributed by atoms with Gasteiger partial charge in [-0.3, -0.25) is 4.79 Å². The zero-order valence-corrected chi connectivity index (χ0v) is 10.0. The Hall–Kier alpha value is -2.10. The van der Waals surface area contributed by atoms with Crippen LogP contribution in [0.15, 0.2) is 36.5 Å². The predicted octanol–water partition coefficient (Wildman–Crippen LogP) is 1.93. The van der Waals surface area contributed by atoms with E-state index in [9.17, 15) is 4.79 Å². The van der Waals surface area contributed by atoms with E-state index in [0.29, 0.717) is 13.0 Å². The Morgan fingerprint density at radius 2 is 2.17 bits per heavy atom. The SMILES string of the molecule is O=C1CCC(Nc2nccc3ccccc23)CN1. The molecule has 1 aliphatic heterocycles. The fraction of sp³-hybridized carbons (Fsp3) is 0.286. The Morgan fingerprint density at radius 1 is 1.28 bits per heavy atom. The van der Waals surface area contributed by atoms with Crippen LogP contribution in [-0.4, -0.2) is 23.5 Å². The summed E-state index contributed by atoms with van der Waals surface area (Å²) >= 11 is 0. The molecule has 2 heterocycles. The summed E-state index contributed by atoms with van der Waals surface area (Å²) in [5, 5.41) is 8.59. The molecule has 18 heavy (non-hydrogen) atoms. The van der Waals surface area contributed by atoms with Crippen LogP contribution in [0, 0.1) is 0 Å². The number of aromatic nitrogens is 1. The Morgan fingerprint density at radius 3 is 3.00 bits per heavy atom. The van der Waals surface area contributed by atoms with Gasteiger partial charge in [-0.1, -0.05) is 24.3 Å². The van der Waals surface area contributed by atoms with Crippen molar-refractivity contribution in [1.29, 1.82) is 0 Å². The van der Waals surface area contributed by atoms with E-state index in [1.165, 1.54) is 5.39 Å². The highest BCUT2D eigenvalue weighted by atomic mass is 16.1. The highest BCUT2D eigenvalue weighted by molar-refractivity contribution is 5.91. The molecule has 1 aromatic heterocycles. The number of rotatable bonds is 2. The molecule has 2 N–H and O–H groups in total. The van der Waals surface area contributed by atoms with E-state index in [2.05, 4.69) is 27.8 Å². The monoisotopic (exact) mass is 241 g/mol. The Kier molecular flexibility index (Phi) is 2.84. The van der Waals surface area contributed by atoms with E-state index in [1.54, 1.807) is 0 Å². The maximum atomic E-state index is 11.1. The van der Waals surface area contributed by atoms with Crippen LogP contribution in [0.3, 0.4) is 0 Å². The van der Waals surface area contributed by atoms with Crippen molar-refractivity contribution in [2.45, 2.75) is 18.9 Å². The summed E-state index contributed by atoms with van der Waals surface area (Å²) in [5.74, 6) is 1.04. The number of hydrogen-bond donors (Lipinski definition) is 2. The molecule has 1 amide bonds. The fourth-order valence-corrected chi connectivity index (χ4v) is 2.28. The smallest absolute Gasteiger partial charge is 0.220 e. The van der Waals surface area contributed by atoms with Crippen molar-refractivity contribution in [3.05, 3.63) is 36.5 Å². The van der Waals surface area contributed by atoms with Gasteiger partial charge < -0.3 is 10.6 Å². The first-order chi connectivity index (χ1) is 8.83. The fourth-order valence-electron chi connectivity index (χ4n) is 2.28. The molecule has 0 bridgehead atoms. The number of pyridine rings is 1. The molecule has 92 valence electrons. The summed E-state index contributed by atoms with van der Waals surface area (Å²) in [6, 6.07) is 10.4. The lowest BCUT2D eigenvalue weighted by Crippen LogP contribution is -2.42. The third-order valence-electron chi connectivity index (χ3n) is 3.28. The average molecular weight is 241 g/mol. The van der Waals surface area contributed by atoms with Crippen molar-refractivity contribution in [2.24, 2.45) is 0 Å². The van der Waals surface area contributed by atoms with Crippen molar-refractivity contribution in [3.63, 3.8) is 0 Å². The van der Waals surface area contributed by atoms with E-state index in [0.717, 1.165) is 17.6 Å². The van der Waals surface area contributed by atoms with Gasteiger partial charge in [0.15, 0.2) is 0 Å². The standard InChI is InChI=1S/C14H15N3O/c18-13-6-5-11(9-16-13)17-14-12-4-2-1-3-10(12)7-8-15-14/h1-4,7-8,11H,5-6,9H2,(H,15,17)(H,16,18). The minimum absolute atomic E-state index is 0.138. The van der Waals surface area contributed by atoms with Gasteiger partial charge in [0.05, 0.1) is 0 Å². The normalized spacial score (nSPS) is 19.6. The molecule has 2 aromatic rings. The summed E-state index contributed by atoms with van der Waals surface area (Å²) in [6.07, 6.45) is 3.26.